The first-order chi connectivity index (χ1) is 9.13. The van der Waals surface area contributed by atoms with Gasteiger partial charge in [0.25, 0.3) is 10.0 Å². The first kappa shape index (κ1) is 20.6. The zero-order valence-corrected chi connectivity index (χ0v) is 14.4. The van der Waals surface area contributed by atoms with E-state index in [1.165, 1.54) is 16.9 Å². The van der Waals surface area contributed by atoms with Gasteiger partial charge in [0.2, 0.25) is 0 Å². The second-order valence-corrected chi connectivity index (χ2v) is 6.19. The molecule has 10 heteroatoms. The van der Waals surface area contributed by atoms with E-state index >= 15 is 0 Å². The predicted octanol–water partition coefficient (Wildman–Crippen LogP) is -0.0699. The molecule has 1 aliphatic heterocycles. The van der Waals surface area contributed by atoms with Gasteiger partial charge in [-0.3, -0.25) is 9.58 Å². The molecule has 124 valence electrons. The molecule has 1 aromatic rings. The molecule has 21 heavy (non-hydrogen) atoms. The van der Waals surface area contributed by atoms with Gasteiger partial charge in [-0.1, -0.05) is 0 Å². The van der Waals surface area contributed by atoms with Gasteiger partial charge in [0.05, 0.1) is 6.20 Å². The van der Waals surface area contributed by atoms with Crippen LogP contribution in [0.15, 0.2) is 17.3 Å². The molecule has 0 unspecified atom stereocenters. The van der Waals surface area contributed by atoms with E-state index in [1.807, 2.05) is 6.92 Å². The summed E-state index contributed by atoms with van der Waals surface area (Å²) in [6.07, 6.45) is 1.51. The van der Waals surface area contributed by atoms with E-state index in [0.29, 0.717) is 13.1 Å². The van der Waals surface area contributed by atoms with Crippen molar-refractivity contribution in [3.63, 3.8) is 0 Å². The first-order valence-corrected chi connectivity index (χ1v) is 8.06. The Morgan fingerprint density at radius 2 is 2.00 bits per heavy atom. The van der Waals surface area contributed by atoms with Crippen LogP contribution >= 0.6 is 24.8 Å². The molecule has 1 saturated heterocycles. The number of piperazine rings is 1. The highest BCUT2D eigenvalue weighted by Gasteiger charge is 2.18. The molecule has 2 N–H and O–H groups in total. The van der Waals surface area contributed by atoms with E-state index < -0.39 is 10.0 Å². The van der Waals surface area contributed by atoms with Crippen LogP contribution in [0.5, 0.6) is 0 Å². The molecule has 2 rings (SSSR count). The second kappa shape index (κ2) is 9.60. The Morgan fingerprint density at radius 3 is 2.62 bits per heavy atom. The summed E-state index contributed by atoms with van der Waals surface area (Å²) in [6, 6.07) is 1.52. The quantitative estimate of drug-likeness (QED) is 0.743. The minimum Gasteiger partial charge on any atom is -0.314 e. The van der Waals surface area contributed by atoms with Gasteiger partial charge < -0.3 is 5.32 Å². The van der Waals surface area contributed by atoms with Crippen molar-refractivity contribution in [2.75, 3.05) is 39.3 Å². The first-order valence-electron chi connectivity index (χ1n) is 6.58. The zero-order valence-electron chi connectivity index (χ0n) is 12.0. The van der Waals surface area contributed by atoms with E-state index in [0.717, 1.165) is 32.7 Å². The average molecular weight is 360 g/mol. The fraction of sp³-hybridized carbons (Fsp3) is 0.727. The van der Waals surface area contributed by atoms with Gasteiger partial charge in [-0.2, -0.15) is 5.10 Å². The summed E-state index contributed by atoms with van der Waals surface area (Å²) in [4.78, 5) is 2.25. The molecule has 2 heterocycles. The number of halogens is 2. The highest BCUT2D eigenvalue weighted by molar-refractivity contribution is 7.89. The summed E-state index contributed by atoms with van der Waals surface area (Å²) in [5.74, 6) is 0. The molecule has 0 amide bonds. The van der Waals surface area contributed by atoms with Gasteiger partial charge >= 0.3 is 0 Å². The molecule has 0 aliphatic carbocycles. The Hall–Kier alpha value is -0.380. The monoisotopic (exact) mass is 359 g/mol. The van der Waals surface area contributed by atoms with Crippen molar-refractivity contribution >= 4 is 34.8 Å². The number of aryl methyl sites for hydroxylation is 1. The van der Waals surface area contributed by atoms with Crippen molar-refractivity contribution in [3.8, 4) is 0 Å². The Balaban J connectivity index is 0.00000200. The molecule has 0 radical (unpaired) electrons. The van der Waals surface area contributed by atoms with Crippen molar-refractivity contribution < 1.29 is 8.42 Å². The third kappa shape index (κ3) is 5.72. The smallest absolute Gasteiger partial charge is 0.257 e. The Morgan fingerprint density at radius 1 is 1.33 bits per heavy atom. The summed E-state index contributed by atoms with van der Waals surface area (Å²) in [7, 11) is -3.45. The molecule has 1 aliphatic rings. The van der Waals surface area contributed by atoms with Crippen LogP contribution in [0.1, 0.15) is 6.92 Å². The van der Waals surface area contributed by atoms with Gasteiger partial charge in [0, 0.05) is 45.8 Å². The summed E-state index contributed by atoms with van der Waals surface area (Å²) >= 11 is 0. The third-order valence-corrected chi connectivity index (χ3v) is 4.66. The van der Waals surface area contributed by atoms with Gasteiger partial charge in [-0.05, 0) is 13.0 Å². The van der Waals surface area contributed by atoms with Crippen LogP contribution in [0.3, 0.4) is 0 Å². The van der Waals surface area contributed by atoms with Crippen LogP contribution in [0.4, 0.5) is 0 Å². The van der Waals surface area contributed by atoms with E-state index in [4.69, 9.17) is 0 Å². The largest absolute Gasteiger partial charge is 0.314 e. The molecular weight excluding hydrogens is 337 g/mol. The summed E-state index contributed by atoms with van der Waals surface area (Å²) in [5.41, 5.74) is 0. The maximum Gasteiger partial charge on any atom is 0.257 e. The molecular formula is C11H23Cl2N5O2S. The minimum atomic E-state index is -3.45. The van der Waals surface area contributed by atoms with Crippen molar-refractivity contribution in [2.45, 2.75) is 18.5 Å². The Bertz CT molecular complexity index is 502. The Kier molecular flexibility index (Phi) is 9.43. The lowest BCUT2D eigenvalue weighted by Gasteiger charge is -2.27. The van der Waals surface area contributed by atoms with Gasteiger partial charge in [-0.15, -0.1) is 24.8 Å². The summed E-state index contributed by atoms with van der Waals surface area (Å²) in [6.45, 7) is 7.44. The number of aromatic nitrogens is 2. The van der Waals surface area contributed by atoms with Crippen molar-refractivity contribution in [2.24, 2.45) is 0 Å². The average Bonchev–Trinajstić information content (AvgIpc) is 2.89. The lowest BCUT2D eigenvalue weighted by atomic mass is 10.3. The predicted molar refractivity (Wildman–Crippen MR) is 86.9 cm³/mol. The van der Waals surface area contributed by atoms with Crippen molar-refractivity contribution in [1.29, 1.82) is 0 Å². The van der Waals surface area contributed by atoms with Crippen LogP contribution in [0, 0.1) is 0 Å². The standard InChI is InChI=1S/C11H21N5O2S.2ClH/c1-2-16-11(3-4-13-16)19(17,18)14-7-10-15-8-5-12-6-9-15;;/h3-4,12,14H,2,5-10H2,1H3;2*1H. The van der Waals surface area contributed by atoms with Crippen LogP contribution < -0.4 is 10.0 Å². The molecule has 0 aromatic carbocycles. The van der Waals surface area contributed by atoms with Crippen LogP contribution in [0.2, 0.25) is 0 Å². The summed E-state index contributed by atoms with van der Waals surface area (Å²) in [5, 5.41) is 7.48. The number of hydrogen-bond acceptors (Lipinski definition) is 5. The molecule has 7 nitrogen and oxygen atoms in total. The number of hydrogen-bond donors (Lipinski definition) is 2. The van der Waals surface area contributed by atoms with Crippen LogP contribution in [-0.4, -0.2) is 62.4 Å². The molecule has 1 aromatic heterocycles. The maximum absolute atomic E-state index is 12.1. The van der Waals surface area contributed by atoms with Gasteiger partial charge in [0.1, 0.15) is 0 Å². The molecule has 0 spiro atoms. The highest BCUT2D eigenvalue weighted by Crippen LogP contribution is 2.07. The van der Waals surface area contributed by atoms with E-state index in [9.17, 15) is 8.42 Å². The van der Waals surface area contributed by atoms with E-state index in [-0.39, 0.29) is 29.8 Å². The van der Waals surface area contributed by atoms with E-state index in [2.05, 4.69) is 20.0 Å². The molecule has 0 bridgehead atoms. The number of nitrogens with one attached hydrogen (secondary N) is 2. The zero-order chi connectivity index (χ0) is 13.7. The Labute approximate surface area is 138 Å². The molecule has 0 atom stereocenters. The fourth-order valence-corrected chi connectivity index (χ4v) is 3.33. The van der Waals surface area contributed by atoms with Crippen molar-refractivity contribution in [1.82, 2.24) is 24.7 Å². The second-order valence-electron chi connectivity index (χ2n) is 4.47. The third-order valence-electron chi connectivity index (χ3n) is 3.18. The van der Waals surface area contributed by atoms with Crippen LogP contribution in [-0.2, 0) is 16.6 Å². The van der Waals surface area contributed by atoms with E-state index in [1.54, 1.807) is 0 Å². The molecule has 1 fully saturated rings. The topological polar surface area (TPSA) is 79.3 Å². The SMILES string of the molecule is CCn1nccc1S(=O)(=O)NCCN1CCNCC1.Cl.Cl. The normalized spacial score (nSPS) is 16.0. The number of sulfonamides is 1. The number of rotatable bonds is 6. The number of nitrogens with zero attached hydrogens (tertiary/aromatic N) is 3. The summed E-state index contributed by atoms with van der Waals surface area (Å²) < 4.78 is 28.3. The molecule has 0 saturated carbocycles. The lowest BCUT2D eigenvalue weighted by molar-refractivity contribution is 0.245. The highest BCUT2D eigenvalue weighted by atomic mass is 35.5. The maximum atomic E-state index is 12.1. The van der Waals surface area contributed by atoms with Crippen LogP contribution in [0.25, 0.3) is 0 Å². The fourth-order valence-electron chi connectivity index (χ4n) is 2.13. The van der Waals surface area contributed by atoms with Gasteiger partial charge in [0.15, 0.2) is 5.03 Å². The lowest BCUT2D eigenvalue weighted by Crippen LogP contribution is -2.46. The van der Waals surface area contributed by atoms with Crippen molar-refractivity contribution in [3.05, 3.63) is 12.3 Å². The van der Waals surface area contributed by atoms with Gasteiger partial charge in [-0.25, -0.2) is 13.1 Å². The minimum absolute atomic E-state index is 0.